The van der Waals surface area contributed by atoms with Crippen molar-refractivity contribution in [1.29, 1.82) is 0 Å². The Morgan fingerprint density at radius 3 is 2.62 bits per heavy atom. The number of carbonyl (C=O) groups is 3. The molecular formula is C18H20N2O4S2. The van der Waals surface area contributed by atoms with Crippen LogP contribution in [0.2, 0.25) is 0 Å². The zero-order valence-corrected chi connectivity index (χ0v) is 16.6. The summed E-state index contributed by atoms with van der Waals surface area (Å²) in [5.74, 6) is -1.17. The third kappa shape index (κ3) is 4.59. The molecule has 8 heteroatoms. The molecule has 138 valence electrons. The molecule has 0 saturated carbocycles. The molecule has 0 radical (unpaired) electrons. The summed E-state index contributed by atoms with van der Waals surface area (Å²) in [5, 5.41) is 4.92. The Morgan fingerprint density at radius 2 is 2.04 bits per heavy atom. The van der Waals surface area contributed by atoms with Crippen LogP contribution in [0.4, 0.5) is 5.00 Å². The van der Waals surface area contributed by atoms with Gasteiger partial charge in [0.05, 0.1) is 17.0 Å². The van der Waals surface area contributed by atoms with Crippen molar-refractivity contribution in [1.82, 2.24) is 4.90 Å². The second-order valence-electron chi connectivity index (χ2n) is 5.52. The number of thiophene rings is 2. The van der Waals surface area contributed by atoms with Crippen molar-refractivity contribution in [3.05, 3.63) is 44.5 Å². The molecule has 0 fully saturated rings. The minimum Gasteiger partial charge on any atom is -0.462 e. The minimum absolute atomic E-state index is 0.205. The van der Waals surface area contributed by atoms with E-state index in [-0.39, 0.29) is 24.0 Å². The first-order valence-corrected chi connectivity index (χ1v) is 9.59. The fraction of sp³-hybridized carbons (Fsp3) is 0.278. The van der Waals surface area contributed by atoms with E-state index in [0.717, 1.165) is 16.2 Å². The molecule has 1 N–H and O–H groups in total. The lowest BCUT2D eigenvalue weighted by Crippen LogP contribution is -2.21. The number of carbonyl (C=O) groups excluding carboxylic acids is 3. The van der Waals surface area contributed by atoms with Crippen molar-refractivity contribution in [2.75, 3.05) is 26.0 Å². The van der Waals surface area contributed by atoms with E-state index in [4.69, 9.17) is 4.74 Å². The van der Waals surface area contributed by atoms with E-state index in [2.05, 4.69) is 5.32 Å². The fourth-order valence-electron chi connectivity index (χ4n) is 2.16. The van der Waals surface area contributed by atoms with Crippen LogP contribution < -0.4 is 5.32 Å². The smallest absolute Gasteiger partial charge is 0.341 e. The molecule has 2 rings (SSSR count). The molecule has 2 amide bonds. The average molecular weight is 393 g/mol. The molecule has 2 heterocycles. The van der Waals surface area contributed by atoms with Gasteiger partial charge in [0, 0.05) is 25.0 Å². The standard InChI is InChI=1S/C18H20N2O4S2/c1-5-24-18(23)14-11(2)15(17(22)20(3)4)26-16(14)19-13(21)9-8-12-7-6-10-25-12/h6-10H,5H2,1-4H3,(H,19,21)/b9-8-. The molecule has 2 aromatic rings. The van der Waals surface area contributed by atoms with Crippen molar-refractivity contribution >= 4 is 51.5 Å². The second-order valence-corrected chi connectivity index (χ2v) is 7.52. The van der Waals surface area contributed by atoms with Gasteiger partial charge in [0.2, 0.25) is 5.91 Å². The van der Waals surface area contributed by atoms with Gasteiger partial charge >= 0.3 is 5.97 Å². The lowest BCUT2D eigenvalue weighted by Gasteiger charge is -2.09. The van der Waals surface area contributed by atoms with Crippen molar-refractivity contribution in [2.24, 2.45) is 0 Å². The first-order chi connectivity index (χ1) is 12.3. The van der Waals surface area contributed by atoms with E-state index in [1.165, 1.54) is 22.3 Å². The Bertz CT molecular complexity index is 836. The fourth-order valence-corrected chi connectivity index (χ4v) is 3.99. The summed E-state index contributed by atoms with van der Waals surface area (Å²) in [7, 11) is 3.26. The molecule has 2 aromatic heterocycles. The van der Waals surface area contributed by atoms with Crippen molar-refractivity contribution in [3.63, 3.8) is 0 Å². The number of amides is 2. The molecule has 0 aliphatic heterocycles. The summed E-state index contributed by atoms with van der Waals surface area (Å²) < 4.78 is 5.08. The van der Waals surface area contributed by atoms with Crippen molar-refractivity contribution in [3.8, 4) is 0 Å². The highest BCUT2D eigenvalue weighted by Gasteiger charge is 2.26. The minimum atomic E-state index is -0.559. The van der Waals surface area contributed by atoms with Crippen LogP contribution in [-0.2, 0) is 9.53 Å². The lowest BCUT2D eigenvalue weighted by atomic mass is 10.1. The molecule has 0 aromatic carbocycles. The quantitative estimate of drug-likeness (QED) is 0.601. The van der Waals surface area contributed by atoms with Crippen LogP contribution in [0.5, 0.6) is 0 Å². The molecule has 0 bridgehead atoms. The summed E-state index contributed by atoms with van der Waals surface area (Å²) >= 11 is 2.58. The molecule has 26 heavy (non-hydrogen) atoms. The van der Waals surface area contributed by atoms with Gasteiger partial charge in [-0.05, 0) is 36.9 Å². The van der Waals surface area contributed by atoms with E-state index in [0.29, 0.717) is 15.4 Å². The van der Waals surface area contributed by atoms with Crippen LogP contribution >= 0.6 is 22.7 Å². The van der Waals surface area contributed by atoms with Crippen LogP contribution in [0, 0.1) is 6.92 Å². The monoisotopic (exact) mass is 392 g/mol. The largest absolute Gasteiger partial charge is 0.462 e. The third-order valence-corrected chi connectivity index (χ3v) is 5.44. The van der Waals surface area contributed by atoms with Gasteiger partial charge in [-0.25, -0.2) is 4.79 Å². The van der Waals surface area contributed by atoms with Gasteiger partial charge in [-0.2, -0.15) is 0 Å². The zero-order valence-electron chi connectivity index (χ0n) is 15.0. The van der Waals surface area contributed by atoms with E-state index in [1.54, 1.807) is 34.0 Å². The van der Waals surface area contributed by atoms with Crippen LogP contribution in [0.25, 0.3) is 6.08 Å². The van der Waals surface area contributed by atoms with Gasteiger partial charge in [-0.3, -0.25) is 9.59 Å². The summed E-state index contributed by atoms with van der Waals surface area (Å²) in [5.41, 5.74) is 0.726. The van der Waals surface area contributed by atoms with Crippen molar-refractivity contribution in [2.45, 2.75) is 13.8 Å². The average Bonchev–Trinajstić information content (AvgIpc) is 3.20. The summed E-state index contributed by atoms with van der Waals surface area (Å²) in [6.45, 7) is 3.58. The number of rotatable bonds is 6. The molecular weight excluding hydrogens is 372 g/mol. The maximum absolute atomic E-state index is 12.3. The Labute approximate surface area is 160 Å². The van der Waals surface area contributed by atoms with E-state index in [9.17, 15) is 14.4 Å². The number of nitrogens with one attached hydrogen (secondary N) is 1. The molecule has 0 spiro atoms. The van der Waals surface area contributed by atoms with Gasteiger partial charge in [0.1, 0.15) is 5.00 Å². The Hall–Kier alpha value is -2.45. The zero-order chi connectivity index (χ0) is 19.3. The number of nitrogens with zero attached hydrogens (tertiary/aromatic N) is 1. The van der Waals surface area contributed by atoms with Gasteiger partial charge in [-0.1, -0.05) is 6.07 Å². The number of hydrogen-bond acceptors (Lipinski definition) is 6. The third-order valence-electron chi connectivity index (χ3n) is 3.41. The van der Waals surface area contributed by atoms with E-state index < -0.39 is 5.97 Å². The molecule has 0 unspecified atom stereocenters. The van der Waals surface area contributed by atoms with Crippen LogP contribution in [0.3, 0.4) is 0 Å². The topological polar surface area (TPSA) is 75.7 Å². The normalized spacial score (nSPS) is 10.8. The summed E-state index contributed by atoms with van der Waals surface area (Å²) in [4.78, 5) is 39.6. The van der Waals surface area contributed by atoms with Crippen LogP contribution in [0.15, 0.2) is 23.6 Å². The predicted molar refractivity (Wildman–Crippen MR) is 105 cm³/mol. The number of anilines is 1. The first-order valence-electron chi connectivity index (χ1n) is 7.89. The highest BCUT2D eigenvalue weighted by molar-refractivity contribution is 7.18. The van der Waals surface area contributed by atoms with Gasteiger partial charge in [0.15, 0.2) is 0 Å². The van der Waals surface area contributed by atoms with Crippen LogP contribution in [0.1, 0.15) is 37.4 Å². The Kier molecular flexibility index (Phi) is 6.70. The molecule has 0 aliphatic carbocycles. The van der Waals surface area contributed by atoms with Gasteiger partial charge in [-0.15, -0.1) is 22.7 Å². The summed E-state index contributed by atoms with van der Waals surface area (Å²) in [6.07, 6.45) is 3.08. The second kappa shape index (κ2) is 8.77. The maximum Gasteiger partial charge on any atom is 0.341 e. The molecule has 0 aliphatic rings. The molecule has 0 saturated heterocycles. The lowest BCUT2D eigenvalue weighted by molar-refractivity contribution is -0.111. The number of hydrogen-bond donors (Lipinski definition) is 1. The molecule has 6 nitrogen and oxygen atoms in total. The van der Waals surface area contributed by atoms with E-state index in [1.807, 2.05) is 17.5 Å². The summed E-state index contributed by atoms with van der Waals surface area (Å²) in [6, 6.07) is 3.78. The van der Waals surface area contributed by atoms with E-state index >= 15 is 0 Å². The number of ether oxygens (including phenoxy) is 1. The first kappa shape index (κ1) is 19.9. The SMILES string of the molecule is CCOC(=O)c1c(NC(=O)/C=C\c2cccs2)sc(C(=O)N(C)C)c1C. The maximum atomic E-state index is 12.3. The highest BCUT2D eigenvalue weighted by atomic mass is 32.1. The van der Waals surface area contributed by atoms with Gasteiger partial charge < -0.3 is 15.0 Å². The Morgan fingerprint density at radius 1 is 1.31 bits per heavy atom. The van der Waals surface area contributed by atoms with Gasteiger partial charge in [0.25, 0.3) is 5.91 Å². The molecule has 0 atom stereocenters. The van der Waals surface area contributed by atoms with Crippen LogP contribution in [-0.4, -0.2) is 43.4 Å². The van der Waals surface area contributed by atoms with Crippen molar-refractivity contribution < 1.29 is 19.1 Å². The predicted octanol–water partition coefficient (Wildman–Crippen LogP) is 3.65. The highest BCUT2D eigenvalue weighted by Crippen LogP contribution is 2.34. The Balaban J connectivity index is 2.33. The number of esters is 1.